The molecule has 2 aromatic rings. The van der Waals surface area contributed by atoms with E-state index in [9.17, 15) is 9.59 Å². The molecule has 2 rings (SSSR count). The van der Waals surface area contributed by atoms with Crippen molar-refractivity contribution in [2.45, 2.75) is 53.1 Å². The molecule has 1 unspecified atom stereocenters. The van der Waals surface area contributed by atoms with Crippen LogP contribution in [0, 0.1) is 5.92 Å². The van der Waals surface area contributed by atoms with Crippen LogP contribution in [0.15, 0.2) is 40.9 Å². The van der Waals surface area contributed by atoms with E-state index >= 15 is 0 Å². The second kappa shape index (κ2) is 12.6. The minimum atomic E-state index is -0.693. The number of halogens is 3. The van der Waals surface area contributed by atoms with Gasteiger partial charge in [0.05, 0.1) is 14.5 Å². The van der Waals surface area contributed by atoms with Gasteiger partial charge in [-0.3, -0.25) is 9.59 Å². The van der Waals surface area contributed by atoms with Crippen LogP contribution in [-0.4, -0.2) is 35.9 Å². The van der Waals surface area contributed by atoms with E-state index in [1.807, 2.05) is 32.0 Å². The second-order valence-electron chi connectivity index (χ2n) is 8.72. The molecule has 0 fully saturated rings. The summed E-state index contributed by atoms with van der Waals surface area (Å²) >= 11 is 15.7. The SMILES string of the molecule is CC(C)CNC(=O)C(C)N(Cc1ccc(Cl)c(Cl)c1)C(=O)COc1ccc(C(C)C)cc1Br. The highest BCUT2D eigenvalue weighted by Gasteiger charge is 2.27. The van der Waals surface area contributed by atoms with Crippen molar-refractivity contribution in [1.29, 1.82) is 0 Å². The summed E-state index contributed by atoms with van der Waals surface area (Å²) in [6, 6.07) is 10.3. The standard InChI is InChI=1S/C25H31BrCl2N2O3/c1-15(2)12-29-25(32)17(5)30(13-18-6-8-21(27)22(28)10-18)24(31)14-33-23-9-7-19(16(3)4)11-20(23)26/h6-11,15-17H,12-14H2,1-5H3,(H,29,32). The number of carbonyl (C=O) groups excluding carboxylic acids is 2. The lowest BCUT2D eigenvalue weighted by Gasteiger charge is -2.29. The monoisotopic (exact) mass is 556 g/mol. The zero-order chi connectivity index (χ0) is 24.7. The molecule has 1 atom stereocenters. The first-order chi connectivity index (χ1) is 15.5. The Kier molecular flexibility index (Phi) is 10.5. The van der Waals surface area contributed by atoms with Gasteiger partial charge >= 0.3 is 0 Å². The van der Waals surface area contributed by atoms with Gasteiger partial charge in [-0.1, -0.05) is 63.0 Å². The Morgan fingerprint density at radius 3 is 2.30 bits per heavy atom. The summed E-state index contributed by atoms with van der Waals surface area (Å²) in [6.45, 7) is 10.5. The minimum absolute atomic E-state index is 0.197. The number of benzene rings is 2. The normalized spacial score (nSPS) is 12.1. The largest absolute Gasteiger partial charge is 0.483 e. The van der Waals surface area contributed by atoms with Crippen LogP contribution < -0.4 is 10.1 Å². The number of ether oxygens (including phenoxy) is 1. The molecule has 5 nitrogen and oxygen atoms in total. The average Bonchev–Trinajstić information content (AvgIpc) is 2.76. The van der Waals surface area contributed by atoms with E-state index in [1.54, 1.807) is 25.1 Å². The molecule has 0 saturated carbocycles. The Morgan fingerprint density at radius 1 is 1.03 bits per heavy atom. The molecule has 0 saturated heterocycles. The second-order valence-corrected chi connectivity index (χ2v) is 10.4. The molecular formula is C25H31BrCl2N2O3. The molecule has 8 heteroatoms. The molecule has 0 aliphatic rings. The Balaban J connectivity index is 2.19. The lowest BCUT2D eigenvalue weighted by Crippen LogP contribution is -2.49. The van der Waals surface area contributed by atoms with Crippen LogP contribution in [0.5, 0.6) is 5.75 Å². The summed E-state index contributed by atoms with van der Waals surface area (Å²) in [4.78, 5) is 27.4. The predicted octanol–water partition coefficient (Wildman–Crippen LogP) is 6.45. The first-order valence-corrected chi connectivity index (χ1v) is 12.5. The Bertz CT molecular complexity index is 982. The molecule has 0 spiro atoms. The van der Waals surface area contributed by atoms with E-state index in [1.165, 1.54) is 4.90 Å². The van der Waals surface area contributed by atoms with Crippen LogP contribution in [0.4, 0.5) is 0 Å². The number of nitrogens with one attached hydrogen (secondary N) is 1. The first kappa shape index (κ1) is 27.5. The third-order valence-electron chi connectivity index (χ3n) is 5.16. The maximum absolute atomic E-state index is 13.2. The van der Waals surface area contributed by atoms with Crippen molar-refractivity contribution in [2.75, 3.05) is 13.2 Å². The van der Waals surface area contributed by atoms with E-state index in [0.717, 1.165) is 15.6 Å². The average molecular weight is 558 g/mol. The molecule has 0 aliphatic carbocycles. The van der Waals surface area contributed by atoms with Gasteiger partial charge in [-0.25, -0.2) is 0 Å². The van der Waals surface area contributed by atoms with Crippen molar-refractivity contribution < 1.29 is 14.3 Å². The van der Waals surface area contributed by atoms with E-state index in [2.05, 4.69) is 35.1 Å². The summed E-state index contributed by atoms with van der Waals surface area (Å²) in [5, 5.41) is 3.72. The van der Waals surface area contributed by atoms with Crippen LogP contribution in [0.25, 0.3) is 0 Å². The summed E-state index contributed by atoms with van der Waals surface area (Å²) in [6.07, 6.45) is 0. The molecule has 0 aliphatic heterocycles. The fourth-order valence-electron chi connectivity index (χ4n) is 3.09. The van der Waals surface area contributed by atoms with Gasteiger partial charge in [0, 0.05) is 13.1 Å². The van der Waals surface area contributed by atoms with E-state index in [0.29, 0.717) is 34.2 Å². The van der Waals surface area contributed by atoms with Crippen molar-refractivity contribution >= 4 is 50.9 Å². The summed E-state index contributed by atoms with van der Waals surface area (Å²) < 4.78 is 6.58. The Hall–Kier alpha value is -1.76. The van der Waals surface area contributed by atoms with Gasteiger partial charge in [0.25, 0.3) is 5.91 Å². The fraction of sp³-hybridized carbons (Fsp3) is 0.440. The summed E-state index contributed by atoms with van der Waals surface area (Å²) in [5.41, 5.74) is 1.93. The Labute approximate surface area is 214 Å². The van der Waals surface area contributed by atoms with Crippen LogP contribution in [0.2, 0.25) is 10.0 Å². The third kappa shape index (κ3) is 8.20. The lowest BCUT2D eigenvalue weighted by atomic mass is 10.0. The lowest BCUT2D eigenvalue weighted by molar-refractivity contribution is -0.142. The van der Waals surface area contributed by atoms with Crippen LogP contribution in [0.1, 0.15) is 51.7 Å². The minimum Gasteiger partial charge on any atom is -0.483 e. The van der Waals surface area contributed by atoms with Crippen molar-refractivity contribution in [3.8, 4) is 5.75 Å². The summed E-state index contributed by atoms with van der Waals surface area (Å²) in [5.74, 6) is 0.713. The number of hydrogen-bond acceptors (Lipinski definition) is 3. The fourth-order valence-corrected chi connectivity index (χ4v) is 3.92. The molecule has 0 radical (unpaired) electrons. The third-order valence-corrected chi connectivity index (χ3v) is 6.52. The van der Waals surface area contributed by atoms with Gasteiger partial charge in [0.1, 0.15) is 11.8 Å². The maximum Gasteiger partial charge on any atom is 0.261 e. The van der Waals surface area contributed by atoms with Gasteiger partial charge in [-0.2, -0.15) is 0 Å². The van der Waals surface area contributed by atoms with Gasteiger partial charge in [0.15, 0.2) is 6.61 Å². The highest BCUT2D eigenvalue weighted by atomic mass is 79.9. The molecule has 0 aromatic heterocycles. The Morgan fingerprint density at radius 2 is 1.73 bits per heavy atom. The number of carbonyl (C=O) groups is 2. The predicted molar refractivity (Wildman–Crippen MR) is 138 cm³/mol. The van der Waals surface area contributed by atoms with Gasteiger partial charge in [0.2, 0.25) is 5.91 Å². The van der Waals surface area contributed by atoms with Crippen molar-refractivity contribution in [3.63, 3.8) is 0 Å². The molecule has 1 N–H and O–H groups in total. The highest BCUT2D eigenvalue weighted by Crippen LogP contribution is 2.29. The first-order valence-electron chi connectivity index (χ1n) is 10.9. The highest BCUT2D eigenvalue weighted by molar-refractivity contribution is 9.10. The van der Waals surface area contributed by atoms with Gasteiger partial charge in [-0.15, -0.1) is 0 Å². The van der Waals surface area contributed by atoms with E-state index in [-0.39, 0.29) is 25.0 Å². The maximum atomic E-state index is 13.2. The van der Waals surface area contributed by atoms with Crippen LogP contribution >= 0.6 is 39.1 Å². The summed E-state index contributed by atoms with van der Waals surface area (Å²) in [7, 11) is 0. The molecular weight excluding hydrogens is 527 g/mol. The number of nitrogens with zero attached hydrogens (tertiary/aromatic N) is 1. The molecule has 33 heavy (non-hydrogen) atoms. The van der Waals surface area contributed by atoms with Crippen LogP contribution in [-0.2, 0) is 16.1 Å². The molecule has 2 aromatic carbocycles. The van der Waals surface area contributed by atoms with Gasteiger partial charge < -0.3 is 15.0 Å². The van der Waals surface area contributed by atoms with Crippen LogP contribution in [0.3, 0.4) is 0 Å². The topological polar surface area (TPSA) is 58.6 Å². The van der Waals surface area contributed by atoms with Gasteiger partial charge in [-0.05, 0) is 70.1 Å². The molecule has 0 heterocycles. The number of hydrogen-bond donors (Lipinski definition) is 1. The molecule has 0 bridgehead atoms. The quantitative estimate of drug-likeness (QED) is 0.365. The number of amides is 2. The smallest absolute Gasteiger partial charge is 0.261 e. The van der Waals surface area contributed by atoms with Crippen molar-refractivity contribution in [2.24, 2.45) is 5.92 Å². The molecule has 2 amide bonds. The molecule has 180 valence electrons. The number of rotatable bonds is 10. The van der Waals surface area contributed by atoms with E-state index < -0.39 is 6.04 Å². The van der Waals surface area contributed by atoms with E-state index in [4.69, 9.17) is 27.9 Å². The van der Waals surface area contributed by atoms with Crippen molar-refractivity contribution in [1.82, 2.24) is 10.2 Å². The van der Waals surface area contributed by atoms with Crippen molar-refractivity contribution in [3.05, 3.63) is 62.0 Å². The zero-order valence-electron chi connectivity index (χ0n) is 19.6. The zero-order valence-corrected chi connectivity index (χ0v) is 22.7.